The molecule has 0 saturated heterocycles. The fraction of sp³-hybridized carbons (Fsp3) is 0. The molecule has 1 aromatic heterocycles. The van der Waals surface area contributed by atoms with Crippen molar-refractivity contribution in [2.24, 2.45) is 0 Å². The van der Waals surface area contributed by atoms with Crippen LogP contribution in [0.2, 0.25) is 0 Å². The molecule has 4 aromatic rings. The van der Waals surface area contributed by atoms with Crippen LogP contribution in [0.5, 0.6) is 0 Å². The van der Waals surface area contributed by atoms with Gasteiger partial charge in [-0.1, -0.05) is 91.0 Å². The summed E-state index contributed by atoms with van der Waals surface area (Å²) < 4.78 is 6.02. The third kappa shape index (κ3) is 2.79. The zero-order valence-corrected chi connectivity index (χ0v) is 13.6. The average molecular weight is 324 g/mol. The van der Waals surface area contributed by atoms with Gasteiger partial charge in [0.15, 0.2) is 12.0 Å². The summed E-state index contributed by atoms with van der Waals surface area (Å²) in [6.45, 7) is 0. The SMILES string of the molecule is O=Cc1oc(-c2ccccc2)c(-c2ccccc2)c1-c1ccccc1. The summed E-state index contributed by atoms with van der Waals surface area (Å²) in [5.41, 5.74) is 4.72. The molecule has 0 spiro atoms. The molecule has 4 rings (SSSR count). The van der Waals surface area contributed by atoms with Crippen molar-refractivity contribution in [3.63, 3.8) is 0 Å². The van der Waals surface area contributed by atoms with Gasteiger partial charge in [0.25, 0.3) is 0 Å². The molecule has 0 unspecified atom stereocenters. The average Bonchev–Trinajstić information content (AvgIpc) is 3.10. The molecule has 25 heavy (non-hydrogen) atoms. The van der Waals surface area contributed by atoms with Crippen molar-refractivity contribution < 1.29 is 9.21 Å². The van der Waals surface area contributed by atoms with Gasteiger partial charge in [0, 0.05) is 16.7 Å². The molecule has 120 valence electrons. The van der Waals surface area contributed by atoms with Crippen LogP contribution < -0.4 is 0 Å². The lowest BCUT2D eigenvalue weighted by molar-refractivity contribution is 0.110. The Kier molecular flexibility index (Phi) is 4.01. The second-order valence-corrected chi connectivity index (χ2v) is 5.76. The van der Waals surface area contributed by atoms with Crippen LogP contribution in [-0.2, 0) is 0 Å². The molecule has 2 heteroatoms. The Hall–Kier alpha value is -3.39. The minimum Gasteiger partial charge on any atom is -0.452 e. The van der Waals surface area contributed by atoms with Crippen molar-refractivity contribution in [1.82, 2.24) is 0 Å². The molecule has 0 saturated carbocycles. The first-order chi connectivity index (χ1) is 12.4. The van der Waals surface area contributed by atoms with Gasteiger partial charge in [-0.3, -0.25) is 4.79 Å². The summed E-state index contributed by atoms with van der Waals surface area (Å²) in [5, 5.41) is 0. The summed E-state index contributed by atoms with van der Waals surface area (Å²) >= 11 is 0. The molecule has 0 bridgehead atoms. The predicted octanol–water partition coefficient (Wildman–Crippen LogP) is 6.09. The number of hydrogen-bond acceptors (Lipinski definition) is 2. The molecule has 1 heterocycles. The van der Waals surface area contributed by atoms with E-state index in [2.05, 4.69) is 0 Å². The first-order valence-electron chi connectivity index (χ1n) is 8.16. The smallest absolute Gasteiger partial charge is 0.186 e. The molecule has 0 amide bonds. The molecule has 0 atom stereocenters. The number of aldehydes is 1. The number of furan rings is 1. The number of carbonyl (C=O) groups is 1. The van der Waals surface area contributed by atoms with E-state index in [1.807, 2.05) is 91.0 Å². The van der Waals surface area contributed by atoms with Gasteiger partial charge >= 0.3 is 0 Å². The number of benzene rings is 3. The first kappa shape index (κ1) is 15.2. The van der Waals surface area contributed by atoms with Crippen LogP contribution in [0.3, 0.4) is 0 Å². The molecular formula is C23H16O2. The zero-order chi connectivity index (χ0) is 17.1. The van der Waals surface area contributed by atoms with Gasteiger partial charge in [0.1, 0.15) is 5.76 Å². The van der Waals surface area contributed by atoms with Crippen LogP contribution in [0.25, 0.3) is 33.6 Å². The van der Waals surface area contributed by atoms with Crippen molar-refractivity contribution in [2.75, 3.05) is 0 Å². The lowest BCUT2D eigenvalue weighted by atomic mass is 9.93. The van der Waals surface area contributed by atoms with Gasteiger partial charge in [-0.25, -0.2) is 0 Å². The van der Waals surface area contributed by atoms with Crippen molar-refractivity contribution in [3.8, 4) is 33.6 Å². The van der Waals surface area contributed by atoms with Crippen LogP contribution in [0.4, 0.5) is 0 Å². The van der Waals surface area contributed by atoms with Crippen molar-refractivity contribution in [2.45, 2.75) is 0 Å². The van der Waals surface area contributed by atoms with Crippen molar-refractivity contribution in [1.29, 1.82) is 0 Å². The monoisotopic (exact) mass is 324 g/mol. The van der Waals surface area contributed by atoms with E-state index in [-0.39, 0.29) is 0 Å². The maximum atomic E-state index is 11.7. The Bertz CT molecular complexity index is 984. The van der Waals surface area contributed by atoms with Gasteiger partial charge in [-0.05, 0) is 11.1 Å². The van der Waals surface area contributed by atoms with Crippen LogP contribution in [-0.4, -0.2) is 6.29 Å². The fourth-order valence-corrected chi connectivity index (χ4v) is 3.10. The molecule has 2 nitrogen and oxygen atoms in total. The number of rotatable bonds is 4. The van der Waals surface area contributed by atoms with Crippen LogP contribution in [0.15, 0.2) is 95.4 Å². The lowest BCUT2D eigenvalue weighted by Crippen LogP contribution is -1.86. The quantitative estimate of drug-likeness (QED) is 0.425. The minimum absolute atomic E-state index is 0.351. The van der Waals surface area contributed by atoms with Gasteiger partial charge in [0.2, 0.25) is 0 Å². The van der Waals surface area contributed by atoms with Crippen LogP contribution in [0.1, 0.15) is 10.6 Å². The van der Waals surface area contributed by atoms with E-state index >= 15 is 0 Å². The maximum absolute atomic E-state index is 11.7. The summed E-state index contributed by atoms with van der Waals surface area (Å²) in [6.07, 6.45) is 0.793. The maximum Gasteiger partial charge on any atom is 0.186 e. The Morgan fingerprint density at radius 1 is 0.560 bits per heavy atom. The Morgan fingerprint density at radius 3 is 1.48 bits per heavy atom. The third-order valence-electron chi connectivity index (χ3n) is 4.20. The highest BCUT2D eigenvalue weighted by atomic mass is 16.3. The molecule has 0 radical (unpaired) electrons. The molecule has 0 fully saturated rings. The third-order valence-corrected chi connectivity index (χ3v) is 4.20. The van der Waals surface area contributed by atoms with E-state index in [1.165, 1.54) is 0 Å². The highest BCUT2D eigenvalue weighted by molar-refractivity contribution is 5.99. The van der Waals surface area contributed by atoms with Crippen molar-refractivity contribution >= 4 is 6.29 Å². The van der Waals surface area contributed by atoms with Crippen LogP contribution in [0, 0.1) is 0 Å². The normalized spacial score (nSPS) is 10.6. The Morgan fingerprint density at radius 2 is 1.00 bits per heavy atom. The number of hydrogen-bond donors (Lipinski definition) is 0. The summed E-state index contributed by atoms with van der Waals surface area (Å²) in [7, 11) is 0. The second-order valence-electron chi connectivity index (χ2n) is 5.76. The van der Waals surface area contributed by atoms with E-state index in [4.69, 9.17) is 4.42 Å². The Labute approximate surface area is 146 Å². The summed E-state index contributed by atoms with van der Waals surface area (Å²) in [6, 6.07) is 29.8. The molecule has 3 aromatic carbocycles. The topological polar surface area (TPSA) is 30.2 Å². The van der Waals surface area contributed by atoms with E-state index in [9.17, 15) is 4.79 Å². The Balaban J connectivity index is 2.07. The first-order valence-corrected chi connectivity index (χ1v) is 8.16. The van der Waals surface area contributed by atoms with Gasteiger partial charge in [-0.2, -0.15) is 0 Å². The molecule has 0 aliphatic rings. The minimum atomic E-state index is 0.351. The summed E-state index contributed by atoms with van der Waals surface area (Å²) in [5.74, 6) is 1.07. The van der Waals surface area contributed by atoms with Gasteiger partial charge in [0.05, 0.1) is 0 Å². The van der Waals surface area contributed by atoms with Crippen LogP contribution >= 0.6 is 0 Å². The standard InChI is InChI=1S/C23H16O2/c24-16-20-21(17-10-4-1-5-11-17)22(18-12-6-2-7-13-18)23(25-20)19-14-8-3-9-15-19/h1-16H. The van der Waals surface area contributed by atoms with E-state index in [0.717, 1.165) is 34.1 Å². The molecule has 0 aliphatic heterocycles. The second kappa shape index (κ2) is 6.62. The zero-order valence-electron chi connectivity index (χ0n) is 13.6. The van der Waals surface area contributed by atoms with Gasteiger partial charge < -0.3 is 4.42 Å². The van der Waals surface area contributed by atoms with Gasteiger partial charge in [-0.15, -0.1) is 0 Å². The lowest BCUT2D eigenvalue weighted by Gasteiger charge is -2.07. The molecule has 0 aliphatic carbocycles. The summed E-state index contributed by atoms with van der Waals surface area (Å²) in [4.78, 5) is 11.7. The van der Waals surface area contributed by atoms with E-state index in [1.54, 1.807) is 0 Å². The fourth-order valence-electron chi connectivity index (χ4n) is 3.10. The van der Waals surface area contributed by atoms with E-state index < -0.39 is 0 Å². The highest BCUT2D eigenvalue weighted by Gasteiger charge is 2.23. The van der Waals surface area contributed by atoms with E-state index in [0.29, 0.717) is 11.5 Å². The largest absolute Gasteiger partial charge is 0.452 e. The van der Waals surface area contributed by atoms with Crippen molar-refractivity contribution in [3.05, 3.63) is 96.8 Å². The molecule has 0 N–H and O–H groups in total. The molecular weight excluding hydrogens is 308 g/mol. The highest BCUT2D eigenvalue weighted by Crippen LogP contribution is 2.43. The predicted molar refractivity (Wildman–Crippen MR) is 100 cm³/mol. The number of carbonyl (C=O) groups excluding carboxylic acids is 1.